The van der Waals surface area contributed by atoms with E-state index < -0.39 is 5.60 Å². The van der Waals surface area contributed by atoms with Gasteiger partial charge in [0.1, 0.15) is 12.4 Å². The normalized spacial score (nSPS) is 39.3. The van der Waals surface area contributed by atoms with E-state index in [0.29, 0.717) is 13.4 Å². The van der Waals surface area contributed by atoms with Crippen molar-refractivity contribution < 1.29 is 14.6 Å². The third kappa shape index (κ3) is 1.68. The molecule has 1 N–H and O–H groups in total. The lowest BCUT2D eigenvalue weighted by atomic mass is 9.76. The van der Waals surface area contributed by atoms with Gasteiger partial charge in [-0.15, -0.1) is 11.3 Å². The molecule has 1 saturated heterocycles. The zero-order valence-corrected chi connectivity index (χ0v) is 9.83. The van der Waals surface area contributed by atoms with Crippen molar-refractivity contribution in [2.45, 2.75) is 36.9 Å². The van der Waals surface area contributed by atoms with Crippen LogP contribution in [0.4, 0.5) is 0 Å². The van der Waals surface area contributed by atoms with Gasteiger partial charge in [0.15, 0.2) is 0 Å². The fourth-order valence-corrected chi connectivity index (χ4v) is 3.32. The van der Waals surface area contributed by atoms with Crippen molar-refractivity contribution in [2.75, 3.05) is 13.4 Å². The molecule has 0 bridgehead atoms. The number of ether oxygens (including phenoxy) is 2. The number of aliphatic hydroxyl groups is 1. The molecule has 1 aliphatic heterocycles. The van der Waals surface area contributed by atoms with Crippen LogP contribution in [-0.4, -0.2) is 29.1 Å². The summed E-state index contributed by atoms with van der Waals surface area (Å²) < 4.78 is 10.9. The highest BCUT2D eigenvalue weighted by Crippen LogP contribution is 2.45. The van der Waals surface area contributed by atoms with Crippen molar-refractivity contribution in [1.82, 2.24) is 4.98 Å². The Morgan fingerprint density at radius 2 is 2.12 bits per heavy atom. The first-order valence-corrected chi connectivity index (χ1v) is 6.44. The summed E-state index contributed by atoms with van der Waals surface area (Å²) in [6.45, 7) is 1.07. The van der Waals surface area contributed by atoms with E-state index in [2.05, 4.69) is 4.98 Å². The van der Waals surface area contributed by atoms with Crippen LogP contribution in [0.15, 0.2) is 11.7 Å². The Bertz CT molecular complexity index is 349. The molecule has 2 aliphatic rings. The molecule has 1 saturated carbocycles. The molecule has 5 heteroatoms. The molecule has 2 fully saturated rings. The van der Waals surface area contributed by atoms with Crippen molar-refractivity contribution in [2.24, 2.45) is 0 Å². The lowest BCUT2D eigenvalue weighted by Gasteiger charge is -2.39. The standard InChI is InChI=1S/C11H15NO3S/c13-11(9-5-12-7-16-9)3-1-10(2-4-11)6-14-8-15-10/h5,7,13H,1-4,6,8H2. The second-order valence-electron chi connectivity index (χ2n) is 4.69. The largest absolute Gasteiger partial charge is 0.384 e. The smallest absolute Gasteiger partial charge is 0.147 e. The fraction of sp³-hybridized carbons (Fsp3) is 0.727. The van der Waals surface area contributed by atoms with E-state index in [0.717, 1.165) is 30.6 Å². The van der Waals surface area contributed by atoms with Gasteiger partial charge < -0.3 is 14.6 Å². The molecule has 1 aromatic heterocycles. The van der Waals surface area contributed by atoms with E-state index in [1.165, 1.54) is 11.3 Å². The average molecular weight is 241 g/mol. The fourth-order valence-electron chi connectivity index (χ4n) is 2.54. The minimum Gasteiger partial charge on any atom is -0.384 e. The first kappa shape index (κ1) is 10.7. The Kier molecular flexibility index (Phi) is 2.51. The van der Waals surface area contributed by atoms with Gasteiger partial charge in [0.25, 0.3) is 0 Å². The van der Waals surface area contributed by atoms with Crippen LogP contribution in [0.25, 0.3) is 0 Å². The summed E-state index contributed by atoms with van der Waals surface area (Å²) in [5.41, 5.74) is 0.947. The van der Waals surface area contributed by atoms with Gasteiger partial charge in [0.2, 0.25) is 0 Å². The second kappa shape index (κ2) is 3.77. The molecule has 0 unspecified atom stereocenters. The molecular formula is C11H15NO3S. The number of hydrogen-bond acceptors (Lipinski definition) is 5. The van der Waals surface area contributed by atoms with E-state index in [-0.39, 0.29) is 5.60 Å². The molecule has 0 atom stereocenters. The quantitative estimate of drug-likeness (QED) is 0.812. The second-order valence-corrected chi connectivity index (χ2v) is 5.58. The summed E-state index contributed by atoms with van der Waals surface area (Å²) in [7, 11) is 0. The molecule has 0 radical (unpaired) electrons. The third-order valence-electron chi connectivity index (χ3n) is 3.69. The maximum absolute atomic E-state index is 10.5. The molecule has 88 valence electrons. The predicted molar refractivity (Wildman–Crippen MR) is 59.1 cm³/mol. The van der Waals surface area contributed by atoms with Gasteiger partial charge in [-0.05, 0) is 25.7 Å². The molecule has 1 aromatic rings. The third-order valence-corrected chi connectivity index (χ3v) is 4.66. The van der Waals surface area contributed by atoms with Gasteiger partial charge in [-0.2, -0.15) is 0 Å². The lowest BCUT2D eigenvalue weighted by molar-refractivity contribution is -0.0900. The summed E-state index contributed by atoms with van der Waals surface area (Å²) in [6, 6.07) is 0. The summed E-state index contributed by atoms with van der Waals surface area (Å²) in [4.78, 5) is 5.01. The van der Waals surface area contributed by atoms with Crippen molar-refractivity contribution >= 4 is 11.3 Å². The molecule has 0 amide bonds. The molecular weight excluding hydrogens is 226 g/mol. The summed E-state index contributed by atoms with van der Waals surface area (Å²) in [5, 5.41) is 10.5. The molecule has 16 heavy (non-hydrogen) atoms. The van der Waals surface area contributed by atoms with E-state index in [9.17, 15) is 5.11 Å². The van der Waals surface area contributed by atoms with Crippen LogP contribution in [0.2, 0.25) is 0 Å². The van der Waals surface area contributed by atoms with Gasteiger partial charge in [0, 0.05) is 6.20 Å². The van der Waals surface area contributed by atoms with Gasteiger partial charge in [-0.1, -0.05) is 0 Å². The Morgan fingerprint density at radius 3 is 2.69 bits per heavy atom. The Labute approximate surface area is 98.2 Å². The van der Waals surface area contributed by atoms with Crippen LogP contribution in [-0.2, 0) is 15.1 Å². The predicted octanol–water partition coefficient (Wildman–Crippen LogP) is 1.65. The highest BCUT2D eigenvalue weighted by Gasteiger charge is 2.46. The van der Waals surface area contributed by atoms with Crippen LogP contribution in [0.3, 0.4) is 0 Å². The molecule has 2 heterocycles. The number of aromatic nitrogens is 1. The van der Waals surface area contributed by atoms with Crippen LogP contribution < -0.4 is 0 Å². The lowest BCUT2D eigenvalue weighted by Crippen LogP contribution is -2.42. The molecule has 4 nitrogen and oxygen atoms in total. The summed E-state index contributed by atoms with van der Waals surface area (Å²) in [6.07, 6.45) is 4.97. The highest BCUT2D eigenvalue weighted by atomic mass is 32.1. The van der Waals surface area contributed by atoms with Crippen molar-refractivity contribution in [3.63, 3.8) is 0 Å². The van der Waals surface area contributed by atoms with Crippen molar-refractivity contribution in [3.05, 3.63) is 16.6 Å². The minimum atomic E-state index is -0.696. The van der Waals surface area contributed by atoms with E-state index in [1.54, 1.807) is 11.7 Å². The monoisotopic (exact) mass is 241 g/mol. The Balaban J connectivity index is 1.74. The van der Waals surface area contributed by atoms with Crippen LogP contribution in [0, 0.1) is 0 Å². The number of rotatable bonds is 1. The van der Waals surface area contributed by atoms with E-state index in [4.69, 9.17) is 9.47 Å². The summed E-state index contributed by atoms with van der Waals surface area (Å²) >= 11 is 1.53. The maximum atomic E-state index is 10.5. The van der Waals surface area contributed by atoms with E-state index in [1.807, 2.05) is 0 Å². The van der Waals surface area contributed by atoms with Crippen LogP contribution in [0.1, 0.15) is 30.6 Å². The van der Waals surface area contributed by atoms with Gasteiger partial charge >= 0.3 is 0 Å². The zero-order valence-electron chi connectivity index (χ0n) is 9.02. The average Bonchev–Trinajstić information content (AvgIpc) is 2.96. The first-order valence-electron chi connectivity index (χ1n) is 5.56. The number of nitrogens with zero attached hydrogens (tertiary/aromatic N) is 1. The van der Waals surface area contributed by atoms with Gasteiger partial charge in [-0.25, -0.2) is 0 Å². The van der Waals surface area contributed by atoms with Crippen molar-refractivity contribution in [3.8, 4) is 0 Å². The topological polar surface area (TPSA) is 51.6 Å². The Hall–Kier alpha value is -0.490. The number of thiazole rings is 1. The summed E-state index contributed by atoms with van der Waals surface area (Å²) in [5.74, 6) is 0. The van der Waals surface area contributed by atoms with Gasteiger partial charge in [0.05, 0.1) is 22.6 Å². The highest BCUT2D eigenvalue weighted by molar-refractivity contribution is 7.09. The minimum absolute atomic E-state index is 0.128. The van der Waals surface area contributed by atoms with E-state index >= 15 is 0 Å². The SMILES string of the molecule is OC1(c2cncs2)CCC2(CC1)COCO2. The Morgan fingerprint density at radius 1 is 1.31 bits per heavy atom. The first-order chi connectivity index (χ1) is 7.73. The van der Waals surface area contributed by atoms with Crippen molar-refractivity contribution in [1.29, 1.82) is 0 Å². The van der Waals surface area contributed by atoms with Gasteiger partial charge in [-0.3, -0.25) is 4.98 Å². The van der Waals surface area contributed by atoms with Crippen LogP contribution >= 0.6 is 11.3 Å². The molecule has 0 aromatic carbocycles. The maximum Gasteiger partial charge on any atom is 0.147 e. The molecule has 1 spiro atoms. The molecule has 1 aliphatic carbocycles. The zero-order chi connectivity index (χ0) is 11.1. The van der Waals surface area contributed by atoms with Crippen LogP contribution in [0.5, 0.6) is 0 Å². The number of hydrogen-bond donors (Lipinski definition) is 1. The molecule has 3 rings (SSSR count).